The van der Waals surface area contributed by atoms with Crippen molar-refractivity contribution in [3.05, 3.63) is 34.9 Å². The Morgan fingerprint density at radius 2 is 2.07 bits per heavy atom. The summed E-state index contributed by atoms with van der Waals surface area (Å²) in [5, 5.41) is 8.10. The number of halogens is 1. The second kappa shape index (κ2) is 10.5. The molecule has 2 aliphatic rings. The fraction of sp³-hybridized carbons (Fsp3) is 0.682. The van der Waals surface area contributed by atoms with E-state index in [1.807, 2.05) is 12.1 Å². The molecule has 0 radical (unpaired) electrons. The van der Waals surface area contributed by atoms with Crippen molar-refractivity contribution in [1.82, 2.24) is 15.5 Å². The van der Waals surface area contributed by atoms with Gasteiger partial charge in [0.15, 0.2) is 5.96 Å². The summed E-state index contributed by atoms with van der Waals surface area (Å²) >= 11 is 6.14. The molecule has 28 heavy (non-hydrogen) atoms. The molecular weight excluding hydrogens is 372 g/mol. The minimum Gasteiger partial charge on any atom is -0.377 e. The van der Waals surface area contributed by atoms with Crippen LogP contribution in [0.2, 0.25) is 5.02 Å². The Hall–Kier alpha value is -1.30. The van der Waals surface area contributed by atoms with Crippen LogP contribution in [0.1, 0.15) is 51.5 Å². The first-order valence-corrected chi connectivity index (χ1v) is 11.1. The molecule has 0 bridgehead atoms. The number of benzene rings is 1. The van der Waals surface area contributed by atoms with Crippen LogP contribution in [-0.4, -0.2) is 61.8 Å². The van der Waals surface area contributed by atoms with E-state index in [2.05, 4.69) is 53.4 Å². The molecule has 6 heteroatoms. The summed E-state index contributed by atoms with van der Waals surface area (Å²) in [7, 11) is 0. The Morgan fingerprint density at radius 1 is 1.29 bits per heavy atom. The lowest BCUT2D eigenvalue weighted by Gasteiger charge is -2.33. The van der Waals surface area contributed by atoms with Crippen LogP contribution < -0.4 is 10.6 Å². The normalized spacial score (nSPS) is 23.8. The van der Waals surface area contributed by atoms with Crippen LogP contribution in [0.15, 0.2) is 29.3 Å². The molecule has 3 rings (SSSR count). The third kappa shape index (κ3) is 6.64. The Labute approximate surface area is 174 Å². The molecule has 1 saturated carbocycles. The van der Waals surface area contributed by atoms with Gasteiger partial charge in [0.1, 0.15) is 0 Å². The Bertz CT molecular complexity index is 643. The van der Waals surface area contributed by atoms with Crippen molar-refractivity contribution in [2.24, 2.45) is 4.99 Å². The molecule has 1 saturated heterocycles. The Balaban J connectivity index is 1.42. The molecule has 0 amide bonds. The van der Waals surface area contributed by atoms with Gasteiger partial charge in [-0.15, -0.1) is 0 Å². The van der Waals surface area contributed by atoms with Crippen LogP contribution in [0.5, 0.6) is 0 Å². The monoisotopic (exact) mass is 406 g/mol. The molecule has 1 aliphatic heterocycles. The standard InChI is InChI=1S/C22H35ClN4O/c1-4-24-22(26-21-15-20(21)17-6-5-7-18(23)14-17)25-19-8-10-27(11-9-19)12-13-28-16(2)3/h5-7,14,16,19-21H,4,8-13,15H2,1-3H3,(H2,24,25,26). The maximum atomic E-state index is 6.14. The quantitative estimate of drug-likeness (QED) is 0.511. The van der Waals surface area contributed by atoms with Gasteiger partial charge in [0.25, 0.3) is 0 Å². The van der Waals surface area contributed by atoms with Gasteiger partial charge < -0.3 is 20.3 Å². The smallest absolute Gasteiger partial charge is 0.191 e. The van der Waals surface area contributed by atoms with Crippen molar-refractivity contribution in [1.29, 1.82) is 0 Å². The summed E-state index contributed by atoms with van der Waals surface area (Å²) in [5.41, 5.74) is 1.32. The first-order valence-electron chi connectivity index (χ1n) is 10.7. The van der Waals surface area contributed by atoms with Crippen LogP contribution in [0.3, 0.4) is 0 Å². The minimum atomic E-state index is 0.316. The molecule has 0 spiro atoms. The lowest BCUT2D eigenvalue weighted by Crippen LogP contribution is -2.49. The second-order valence-electron chi connectivity index (χ2n) is 8.15. The average molecular weight is 407 g/mol. The van der Waals surface area contributed by atoms with E-state index in [9.17, 15) is 0 Å². The summed E-state index contributed by atoms with van der Waals surface area (Å²) in [4.78, 5) is 7.17. The lowest BCUT2D eigenvalue weighted by molar-refractivity contribution is 0.0532. The highest BCUT2D eigenvalue weighted by atomic mass is 35.5. The van der Waals surface area contributed by atoms with E-state index < -0.39 is 0 Å². The SMILES string of the molecule is CCN=C(NC1CCN(CCOC(C)C)CC1)NC1CC1c1cccc(Cl)c1. The summed E-state index contributed by atoms with van der Waals surface area (Å²) in [6.07, 6.45) is 3.75. The molecule has 1 aromatic carbocycles. The predicted octanol–water partition coefficient (Wildman–Crippen LogP) is 3.64. The van der Waals surface area contributed by atoms with Gasteiger partial charge in [0.05, 0.1) is 12.7 Å². The van der Waals surface area contributed by atoms with Crippen LogP contribution >= 0.6 is 11.6 Å². The van der Waals surface area contributed by atoms with Crippen LogP contribution in [0, 0.1) is 0 Å². The zero-order valence-corrected chi connectivity index (χ0v) is 18.2. The van der Waals surface area contributed by atoms with Gasteiger partial charge >= 0.3 is 0 Å². The number of aliphatic imine (C=N–C) groups is 1. The molecule has 1 aliphatic carbocycles. The summed E-state index contributed by atoms with van der Waals surface area (Å²) in [5.74, 6) is 1.49. The molecule has 1 heterocycles. The maximum Gasteiger partial charge on any atom is 0.191 e. The number of nitrogens with zero attached hydrogens (tertiary/aromatic N) is 2. The number of hydrogen-bond donors (Lipinski definition) is 2. The highest BCUT2D eigenvalue weighted by molar-refractivity contribution is 6.30. The summed E-state index contributed by atoms with van der Waals surface area (Å²) < 4.78 is 5.68. The molecule has 2 unspecified atom stereocenters. The molecule has 2 fully saturated rings. The van der Waals surface area contributed by atoms with Gasteiger partial charge in [-0.3, -0.25) is 4.99 Å². The van der Waals surface area contributed by atoms with E-state index in [0.717, 1.165) is 63.0 Å². The van der Waals surface area contributed by atoms with Gasteiger partial charge in [0, 0.05) is 49.2 Å². The lowest BCUT2D eigenvalue weighted by atomic mass is 10.1. The fourth-order valence-electron chi connectivity index (χ4n) is 3.84. The van der Waals surface area contributed by atoms with Gasteiger partial charge in [-0.05, 0) is 57.7 Å². The third-order valence-corrected chi connectivity index (χ3v) is 5.73. The zero-order chi connectivity index (χ0) is 19.9. The van der Waals surface area contributed by atoms with Gasteiger partial charge in [-0.1, -0.05) is 23.7 Å². The van der Waals surface area contributed by atoms with E-state index in [0.29, 0.717) is 24.1 Å². The van der Waals surface area contributed by atoms with Crippen LogP contribution in [0.25, 0.3) is 0 Å². The Morgan fingerprint density at radius 3 is 2.75 bits per heavy atom. The van der Waals surface area contributed by atoms with Crippen molar-refractivity contribution in [2.45, 2.75) is 64.1 Å². The summed E-state index contributed by atoms with van der Waals surface area (Å²) in [6.45, 7) is 11.1. The average Bonchev–Trinajstić information content (AvgIpc) is 3.42. The first-order chi connectivity index (χ1) is 13.5. The van der Waals surface area contributed by atoms with Crippen molar-refractivity contribution in [2.75, 3.05) is 32.8 Å². The maximum absolute atomic E-state index is 6.14. The molecule has 1 aromatic rings. The fourth-order valence-corrected chi connectivity index (χ4v) is 4.04. The number of likely N-dealkylation sites (tertiary alicyclic amines) is 1. The number of guanidine groups is 1. The van der Waals surface area contributed by atoms with Crippen molar-refractivity contribution in [3.8, 4) is 0 Å². The topological polar surface area (TPSA) is 48.9 Å². The molecular formula is C22H35ClN4O. The number of ether oxygens (including phenoxy) is 1. The number of nitrogens with one attached hydrogen (secondary N) is 2. The molecule has 156 valence electrons. The van der Waals surface area contributed by atoms with E-state index in [4.69, 9.17) is 16.3 Å². The second-order valence-corrected chi connectivity index (χ2v) is 8.59. The minimum absolute atomic E-state index is 0.316. The van der Waals surface area contributed by atoms with Crippen molar-refractivity contribution < 1.29 is 4.74 Å². The van der Waals surface area contributed by atoms with Gasteiger partial charge in [-0.2, -0.15) is 0 Å². The van der Waals surface area contributed by atoms with Crippen LogP contribution in [-0.2, 0) is 4.74 Å². The number of hydrogen-bond acceptors (Lipinski definition) is 3. The van der Waals surface area contributed by atoms with E-state index in [1.165, 1.54) is 5.56 Å². The van der Waals surface area contributed by atoms with E-state index in [1.54, 1.807) is 0 Å². The first kappa shape index (κ1) is 21.4. The predicted molar refractivity (Wildman–Crippen MR) is 117 cm³/mol. The highest BCUT2D eigenvalue weighted by Crippen LogP contribution is 2.41. The molecule has 2 atom stereocenters. The third-order valence-electron chi connectivity index (χ3n) is 5.49. The van der Waals surface area contributed by atoms with Crippen molar-refractivity contribution in [3.63, 3.8) is 0 Å². The molecule has 0 aromatic heterocycles. The van der Waals surface area contributed by atoms with E-state index in [-0.39, 0.29) is 0 Å². The molecule has 5 nitrogen and oxygen atoms in total. The van der Waals surface area contributed by atoms with E-state index >= 15 is 0 Å². The zero-order valence-electron chi connectivity index (χ0n) is 17.5. The number of piperidine rings is 1. The van der Waals surface area contributed by atoms with Gasteiger partial charge in [-0.25, -0.2) is 0 Å². The highest BCUT2D eigenvalue weighted by Gasteiger charge is 2.39. The molecule has 2 N–H and O–H groups in total. The summed E-state index contributed by atoms with van der Waals surface area (Å²) in [6, 6.07) is 9.15. The largest absolute Gasteiger partial charge is 0.377 e. The Kier molecular flexibility index (Phi) is 8.00. The number of rotatable bonds is 8. The van der Waals surface area contributed by atoms with Gasteiger partial charge in [0.2, 0.25) is 0 Å². The van der Waals surface area contributed by atoms with Crippen LogP contribution in [0.4, 0.5) is 0 Å². The van der Waals surface area contributed by atoms with Crippen molar-refractivity contribution >= 4 is 17.6 Å².